The normalized spacial score (nSPS) is 15.8. The van der Waals surface area contributed by atoms with Crippen molar-refractivity contribution in [3.63, 3.8) is 0 Å². The Kier molecular flexibility index (Phi) is 6.47. The van der Waals surface area contributed by atoms with E-state index in [2.05, 4.69) is 4.98 Å². The van der Waals surface area contributed by atoms with E-state index in [0.717, 1.165) is 0 Å². The molecule has 3 rings (SSSR count). The van der Waals surface area contributed by atoms with Crippen molar-refractivity contribution in [3.8, 4) is 11.1 Å². The van der Waals surface area contributed by atoms with E-state index in [4.69, 9.17) is 13.8 Å². The number of aryl methyl sites for hydroxylation is 2. The van der Waals surface area contributed by atoms with Crippen LogP contribution >= 0.6 is 7.94 Å². The van der Waals surface area contributed by atoms with Gasteiger partial charge in [-0.25, -0.2) is 4.79 Å². The van der Waals surface area contributed by atoms with Crippen LogP contribution in [0.1, 0.15) is 42.0 Å². The van der Waals surface area contributed by atoms with Crippen LogP contribution in [-0.2, 0) is 13.8 Å². The van der Waals surface area contributed by atoms with E-state index in [9.17, 15) is 19.8 Å². The molecule has 1 aliphatic rings. The number of nitrogens with zero attached hydrogens (tertiary/aromatic N) is 2. The van der Waals surface area contributed by atoms with Crippen LogP contribution < -0.4 is 5.30 Å². The molecule has 0 atom stereocenters. The molecule has 1 aromatic carbocycles. The summed E-state index contributed by atoms with van der Waals surface area (Å²) in [7, 11) is -3.62. The number of ether oxygens (including phenoxy) is 1. The fourth-order valence-corrected chi connectivity index (χ4v) is 5.48. The lowest BCUT2D eigenvalue weighted by molar-refractivity contribution is -0.384. The fourth-order valence-electron chi connectivity index (χ4n) is 3.42. The molecule has 0 radical (unpaired) electrons. The van der Waals surface area contributed by atoms with Crippen molar-refractivity contribution in [2.75, 3.05) is 13.2 Å². The highest BCUT2D eigenvalue weighted by Crippen LogP contribution is 2.60. The monoisotopic (exact) mass is 435 g/mol. The minimum atomic E-state index is -3.62. The molecule has 0 saturated carbocycles. The third-order valence-electron chi connectivity index (χ3n) is 4.55. The number of carbonyl (C=O) groups is 1. The van der Waals surface area contributed by atoms with E-state index >= 15 is 0 Å². The van der Waals surface area contributed by atoms with Gasteiger partial charge in [0.2, 0.25) is 5.30 Å². The van der Waals surface area contributed by atoms with Gasteiger partial charge in [-0.3, -0.25) is 15.1 Å². The Balaban J connectivity index is 2.41. The summed E-state index contributed by atoms with van der Waals surface area (Å²) >= 11 is 0. The van der Waals surface area contributed by atoms with Crippen LogP contribution in [0.15, 0.2) is 24.3 Å². The van der Waals surface area contributed by atoms with Gasteiger partial charge in [0, 0.05) is 12.5 Å². The van der Waals surface area contributed by atoms with Gasteiger partial charge < -0.3 is 4.74 Å². The van der Waals surface area contributed by atoms with Crippen molar-refractivity contribution in [2.24, 2.45) is 0 Å². The summed E-state index contributed by atoms with van der Waals surface area (Å²) in [6.07, 6.45) is 0.185. The van der Waals surface area contributed by atoms with Gasteiger partial charge in [-0.15, -0.1) is 0 Å². The topological polar surface area (TPSA) is 121 Å². The number of carbonyl (C=O) groups excluding carboxylic acids is 1. The van der Waals surface area contributed by atoms with Crippen molar-refractivity contribution in [2.45, 2.75) is 40.2 Å². The summed E-state index contributed by atoms with van der Waals surface area (Å²) in [6.45, 7) is 7.20. The summed E-state index contributed by atoms with van der Waals surface area (Å²) in [5.41, 5.74) is 0.859. The second kappa shape index (κ2) is 8.73. The molecule has 1 aromatic heterocycles. The fraction of sp³-hybridized carbons (Fsp3) is 0.400. The predicted molar refractivity (Wildman–Crippen MR) is 112 cm³/mol. The van der Waals surface area contributed by atoms with Crippen LogP contribution in [0.2, 0.25) is 0 Å². The van der Waals surface area contributed by atoms with Gasteiger partial charge in [0.25, 0.3) is 5.69 Å². The molecule has 160 valence electrons. The predicted octanol–water partition coefficient (Wildman–Crippen LogP) is 3.66. The van der Waals surface area contributed by atoms with Gasteiger partial charge in [0.1, 0.15) is 13.2 Å². The molecule has 9 nitrogen and oxygen atoms in total. The lowest BCUT2D eigenvalue weighted by Gasteiger charge is -2.25. The van der Waals surface area contributed by atoms with Crippen LogP contribution in [0.25, 0.3) is 11.1 Å². The van der Waals surface area contributed by atoms with E-state index in [1.165, 1.54) is 18.2 Å². The number of nitro benzene ring substituents is 1. The zero-order chi connectivity index (χ0) is 22.1. The molecule has 2 heterocycles. The Hall–Kier alpha value is -2.45. The highest BCUT2D eigenvalue weighted by atomic mass is 31.2. The first-order chi connectivity index (χ1) is 14.2. The van der Waals surface area contributed by atoms with E-state index in [1.807, 2.05) is 0 Å². The van der Waals surface area contributed by atoms with Crippen LogP contribution in [0.5, 0.6) is 0 Å². The van der Waals surface area contributed by atoms with Gasteiger partial charge in [-0.05, 0) is 33.8 Å². The van der Waals surface area contributed by atoms with E-state index in [-0.39, 0.29) is 40.9 Å². The molecule has 1 saturated heterocycles. The summed E-state index contributed by atoms with van der Waals surface area (Å²) < 4.78 is 16.7. The van der Waals surface area contributed by atoms with Gasteiger partial charge in [-0.1, -0.05) is 12.1 Å². The molecule has 30 heavy (non-hydrogen) atoms. The Bertz CT molecular complexity index is 987. The molecule has 0 unspecified atom stereocenters. The second-order valence-corrected chi connectivity index (χ2v) is 9.15. The summed E-state index contributed by atoms with van der Waals surface area (Å²) in [5, 5.41) is 11.9. The van der Waals surface area contributed by atoms with Crippen LogP contribution in [0, 0.1) is 24.0 Å². The minimum absolute atomic E-state index is 0.0461. The number of esters is 1. The number of para-hydroxylation sites is 1. The highest BCUT2D eigenvalue weighted by molar-refractivity contribution is 7.69. The average molecular weight is 435 g/mol. The lowest BCUT2D eigenvalue weighted by atomic mass is 9.96. The van der Waals surface area contributed by atoms with Crippen molar-refractivity contribution in [1.82, 2.24) is 4.98 Å². The van der Waals surface area contributed by atoms with Crippen LogP contribution in [-0.4, -0.2) is 40.1 Å². The van der Waals surface area contributed by atoms with Crippen molar-refractivity contribution in [1.29, 1.82) is 0 Å². The van der Waals surface area contributed by atoms with Crippen molar-refractivity contribution < 1.29 is 28.4 Å². The number of benzene rings is 1. The quantitative estimate of drug-likeness (QED) is 0.327. The maximum Gasteiger partial charge on any atom is 0.448 e. The third-order valence-corrected chi connectivity index (χ3v) is 6.72. The molecule has 0 aliphatic carbocycles. The standard InChI is InChI=1S/C20H24N2O7P/c1-12(2)29-20(23)17-13(3)21-14(4)19(30(26)27-10-7-11-28-30)18(17)15-8-5-6-9-16(15)22(24)25/h5-6,8-9,12,26H,7,10-11H2,1-4H3/q+1. The van der Waals surface area contributed by atoms with Crippen molar-refractivity contribution >= 4 is 24.9 Å². The Morgan fingerprint density at radius 3 is 2.47 bits per heavy atom. The largest absolute Gasteiger partial charge is 0.459 e. The molecular weight excluding hydrogens is 411 g/mol. The smallest absolute Gasteiger partial charge is 0.448 e. The first kappa shape index (κ1) is 22.2. The Morgan fingerprint density at radius 1 is 1.23 bits per heavy atom. The second-order valence-electron chi connectivity index (χ2n) is 7.15. The molecule has 1 N–H and O–H groups in total. The number of pyridine rings is 1. The summed E-state index contributed by atoms with van der Waals surface area (Å²) in [6, 6.07) is 6.02. The van der Waals surface area contributed by atoms with Gasteiger partial charge >= 0.3 is 13.9 Å². The molecule has 1 fully saturated rings. The maximum absolute atomic E-state index is 13.0. The zero-order valence-electron chi connectivity index (χ0n) is 17.2. The van der Waals surface area contributed by atoms with Gasteiger partial charge in [0.05, 0.1) is 39.1 Å². The summed E-state index contributed by atoms with van der Waals surface area (Å²) in [4.78, 5) is 39.9. The Morgan fingerprint density at radius 2 is 1.87 bits per heavy atom. The SMILES string of the molecule is Cc1nc(C)c([P+]2(O)OCCCO2)c(-c2ccccc2[N+](=O)[O-])c1C(=O)OC(C)C. The van der Waals surface area contributed by atoms with E-state index in [0.29, 0.717) is 17.8 Å². The molecular formula is C20H24N2O7P+. The molecule has 0 bridgehead atoms. The van der Waals surface area contributed by atoms with Gasteiger partial charge in [-0.2, -0.15) is 13.9 Å². The third kappa shape index (κ3) is 4.20. The molecule has 1 aliphatic heterocycles. The number of rotatable bonds is 5. The van der Waals surface area contributed by atoms with Crippen molar-refractivity contribution in [3.05, 3.63) is 51.3 Å². The van der Waals surface area contributed by atoms with Crippen LogP contribution in [0.4, 0.5) is 5.69 Å². The Labute approximate surface area is 174 Å². The van der Waals surface area contributed by atoms with Gasteiger partial charge in [0.15, 0.2) is 0 Å². The van der Waals surface area contributed by atoms with E-state index < -0.39 is 24.9 Å². The maximum atomic E-state index is 13.0. The first-order valence-electron chi connectivity index (χ1n) is 9.53. The molecule has 0 spiro atoms. The molecule has 0 amide bonds. The van der Waals surface area contributed by atoms with Crippen LogP contribution in [0.3, 0.4) is 0 Å². The first-order valence-corrected chi connectivity index (χ1v) is 11.1. The highest BCUT2D eigenvalue weighted by Gasteiger charge is 2.52. The average Bonchev–Trinajstić information content (AvgIpc) is 2.67. The number of aromatic nitrogens is 1. The molecule has 2 aromatic rings. The number of hydrogen-bond acceptors (Lipinski definition) is 8. The minimum Gasteiger partial charge on any atom is -0.459 e. The zero-order valence-corrected chi connectivity index (χ0v) is 18.1. The number of nitro groups is 1. The lowest BCUT2D eigenvalue weighted by Crippen LogP contribution is -2.29. The van der Waals surface area contributed by atoms with E-state index in [1.54, 1.807) is 33.8 Å². The number of hydrogen-bond donors (Lipinski definition) is 1. The molecule has 10 heteroatoms. The summed E-state index contributed by atoms with van der Waals surface area (Å²) in [5.74, 6) is -0.687.